The summed E-state index contributed by atoms with van der Waals surface area (Å²) in [5.74, 6) is -1.14. The lowest BCUT2D eigenvalue weighted by molar-refractivity contribution is -0.137. The first-order chi connectivity index (χ1) is 13.7. The highest BCUT2D eigenvalue weighted by Gasteiger charge is 2.54. The topological polar surface area (TPSA) is 96.8 Å². The molecule has 1 saturated heterocycles. The van der Waals surface area contributed by atoms with Crippen molar-refractivity contribution in [3.8, 4) is 0 Å². The summed E-state index contributed by atoms with van der Waals surface area (Å²) in [7, 11) is 1.55. The van der Waals surface area contributed by atoms with Crippen molar-refractivity contribution in [3.05, 3.63) is 45.7 Å². The molecule has 29 heavy (non-hydrogen) atoms. The van der Waals surface area contributed by atoms with Gasteiger partial charge in [-0.2, -0.15) is 0 Å². The van der Waals surface area contributed by atoms with Gasteiger partial charge in [-0.3, -0.25) is 14.5 Å². The first kappa shape index (κ1) is 19.5. The van der Waals surface area contributed by atoms with Crippen LogP contribution < -0.4 is 0 Å². The van der Waals surface area contributed by atoms with Crippen LogP contribution in [0.4, 0.5) is 4.79 Å². The Bertz CT molecular complexity index is 974. The molecule has 0 aliphatic carbocycles. The van der Waals surface area contributed by atoms with Crippen LogP contribution in [-0.4, -0.2) is 74.4 Å². The number of amides is 3. The van der Waals surface area contributed by atoms with Gasteiger partial charge >= 0.3 is 12.0 Å². The Morgan fingerprint density at radius 1 is 1.21 bits per heavy atom. The molecule has 1 aromatic carbocycles. The number of urea groups is 1. The van der Waals surface area contributed by atoms with E-state index in [-0.39, 0.29) is 13.1 Å². The Morgan fingerprint density at radius 2 is 1.86 bits per heavy atom. The molecule has 0 aromatic heterocycles. The summed E-state index contributed by atoms with van der Waals surface area (Å²) >= 11 is 12.4. The van der Waals surface area contributed by atoms with E-state index in [4.69, 9.17) is 28.3 Å². The lowest BCUT2D eigenvalue weighted by Crippen LogP contribution is -2.63. The second-order valence-corrected chi connectivity index (χ2v) is 7.78. The number of hydrogen-bond donors (Lipinski definition) is 1. The molecule has 2 atom stereocenters. The second kappa shape index (κ2) is 6.93. The Kier molecular flexibility index (Phi) is 4.66. The van der Waals surface area contributed by atoms with Crippen molar-refractivity contribution in [1.29, 1.82) is 0 Å². The molecule has 9 nitrogen and oxygen atoms in total. The predicted molar refractivity (Wildman–Crippen MR) is 105 cm³/mol. The molecule has 3 aliphatic heterocycles. The van der Waals surface area contributed by atoms with E-state index < -0.39 is 30.1 Å². The minimum absolute atomic E-state index is 0.0750. The van der Waals surface area contributed by atoms with Crippen LogP contribution in [0.3, 0.4) is 0 Å². The number of rotatable bonds is 4. The fourth-order valence-electron chi connectivity index (χ4n) is 3.72. The number of carbonyl (C=O) groups excluding carboxylic acids is 2. The average molecular weight is 438 g/mol. The zero-order valence-electron chi connectivity index (χ0n) is 15.5. The Balaban J connectivity index is 1.67. The van der Waals surface area contributed by atoms with Crippen molar-refractivity contribution in [2.24, 2.45) is 4.99 Å². The number of aliphatic imine (C=N–C) groups is 1. The van der Waals surface area contributed by atoms with Crippen LogP contribution in [0.15, 0.2) is 35.1 Å². The molecule has 0 spiro atoms. The van der Waals surface area contributed by atoms with Crippen LogP contribution in [0.25, 0.3) is 0 Å². The molecule has 1 aromatic rings. The van der Waals surface area contributed by atoms with E-state index in [0.29, 0.717) is 27.3 Å². The lowest BCUT2D eigenvalue weighted by Gasteiger charge is -2.40. The van der Waals surface area contributed by atoms with Crippen LogP contribution in [0.5, 0.6) is 0 Å². The van der Waals surface area contributed by atoms with Crippen molar-refractivity contribution >= 4 is 47.1 Å². The first-order valence-electron chi connectivity index (χ1n) is 8.75. The Hall–Kier alpha value is -2.78. The Labute approximate surface area is 176 Å². The number of halogens is 2. The number of carboxylic acid groups (broad SMARTS) is 1. The molecule has 0 radical (unpaired) electrons. The van der Waals surface area contributed by atoms with Gasteiger partial charge in [0.05, 0.1) is 6.54 Å². The van der Waals surface area contributed by atoms with Gasteiger partial charge in [0.15, 0.2) is 12.2 Å². The van der Waals surface area contributed by atoms with Gasteiger partial charge in [-0.25, -0.2) is 9.79 Å². The van der Waals surface area contributed by atoms with E-state index in [1.807, 2.05) is 0 Å². The SMILES string of the molecule is CC1=CN2C(=NC3C2C(=O)N(Cc2c(Cl)cccc2Cl)C(=O)N3C)N1CC(=O)O. The van der Waals surface area contributed by atoms with E-state index in [1.54, 1.807) is 43.3 Å². The van der Waals surface area contributed by atoms with E-state index in [2.05, 4.69) is 4.99 Å². The molecule has 152 valence electrons. The number of carbonyl (C=O) groups is 3. The fraction of sp³-hybridized carbons (Fsp3) is 0.333. The van der Waals surface area contributed by atoms with Gasteiger partial charge in [0.2, 0.25) is 5.96 Å². The van der Waals surface area contributed by atoms with Gasteiger partial charge in [0.25, 0.3) is 5.91 Å². The van der Waals surface area contributed by atoms with Gasteiger partial charge in [0, 0.05) is 34.6 Å². The maximum Gasteiger partial charge on any atom is 0.328 e. The molecule has 11 heteroatoms. The van der Waals surface area contributed by atoms with Gasteiger partial charge in [-0.1, -0.05) is 29.3 Å². The highest BCUT2D eigenvalue weighted by atomic mass is 35.5. The fourth-order valence-corrected chi connectivity index (χ4v) is 4.24. The third kappa shape index (κ3) is 3.01. The summed E-state index contributed by atoms with van der Waals surface area (Å²) in [5, 5.41) is 9.88. The Morgan fingerprint density at radius 3 is 2.48 bits per heavy atom. The molecule has 0 bridgehead atoms. The van der Waals surface area contributed by atoms with Crippen molar-refractivity contribution in [3.63, 3.8) is 0 Å². The third-order valence-corrected chi connectivity index (χ3v) is 5.88. The van der Waals surface area contributed by atoms with Crippen LogP contribution in [0.1, 0.15) is 12.5 Å². The lowest BCUT2D eigenvalue weighted by atomic mass is 10.1. The highest BCUT2D eigenvalue weighted by molar-refractivity contribution is 6.36. The van der Waals surface area contributed by atoms with Gasteiger partial charge in [-0.05, 0) is 19.1 Å². The number of hydrogen-bond acceptors (Lipinski definition) is 6. The summed E-state index contributed by atoms with van der Waals surface area (Å²) in [6.45, 7) is 1.37. The van der Waals surface area contributed by atoms with Crippen molar-refractivity contribution in [1.82, 2.24) is 19.6 Å². The van der Waals surface area contributed by atoms with Crippen LogP contribution in [0, 0.1) is 0 Å². The predicted octanol–water partition coefficient (Wildman–Crippen LogP) is 2.02. The van der Waals surface area contributed by atoms with Gasteiger partial charge in [0.1, 0.15) is 6.54 Å². The maximum atomic E-state index is 13.3. The zero-order valence-corrected chi connectivity index (χ0v) is 17.1. The number of carboxylic acids is 1. The number of allylic oxidation sites excluding steroid dienone is 1. The summed E-state index contributed by atoms with van der Waals surface area (Å²) in [4.78, 5) is 47.4. The maximum absolute atomic E-state index is 13.3. The van der Waals surface area contributed by atoms with Gasteiger partial charge < -0.3 is 19.8 Å². The summed E-state index contributed by atoms with van der Waals surface area (Å²) < 4.78 is 0. The molecular formula is C18H17Cl2N5O4. The average Bonchev–Trinajstić information content (AvgIpc) is 3.15. The monoisotopic (exact) mass is 437 g/mol. The second-order valence-electron chi connectivity index (χ2n) is 6.96. The standard InChI is InChI=1S/C18H17Cl2N5O4/c1-9-6-24-14-15(21-17(24)23(9)8-13(26)27)22(2)18(29)25(16(14)28)7-10-11(19)4-3-5-12(10)20/h3-6,14-15H,7-8H2,1-2H3,(H,26,27). The highest BCUT2D eigenvalue weighted by Crippen LogP contribution is 2.35. The molecule has 4 rings (SSSR count). The number of likely N-dealkylation sites (N-methyl/N-ethyl adjacent to an activating group) is 1. The molecule has 3 aliphatic rings. The quantitative estimate of drug-likeness (QED) is 0.773. The van der Waals surface area contributed by atoms with Crippen LogP contribution in [-0.2, 0) is 16.1 Å². The number of imide groups is 1. The normalized spacial score (nSPS) is 23.3. The molecule has 1 fully saturated rings. The van der Waals surface area contributed by atoms with E-state index in [0.717, 1.165) is 4.90 Å². The largest absolute Gasteiger partial charge is 0.480 e. The van der Waals surface area contributed by atoms with Crippen molar-refractivity contribution < 1.29 is 19.5 Å². The number of aliphatic carboxylic acids is 1. The molecule has 3 amide bonds. The summed E-state index contributed by atoms with van der Waals surface area (Å²) in [6, 6.07) is 3.65. The van der Waals surface area contributed by atoms with Gasteiger partial charge in [-0.15, -0.1) is 0 Å². The van der Waals surface area contributed by atoms with Crippen LogP contribution in [0.2, 0.25) is 10.0 Å². The number of guanidine groups is 1. The molecule has 1 N–H and O–H groups in total. The molecule has 0 saturated carbocycles. The smallest absolute Gasteiger partial charge is 0.328 e. The third-order valence-electron chi connectivity index (χ3n) is 5.17. The summed E-state index contributed by atoms with van der Waals surface area (Å²) in [6.07, 6.45) is 0.929. The van der Waals surface area contributed by atoms with Crippen molar-refractivity contribution in [2.45, 2.75) is 25.7 Å². The molecule has 2 unspecified atom stereocenters. The molecular weight excluding hydrogens is 421 g/mol. The number of nitrogens with zero attached hydrogens (tertiary/aromatic N) is 5. The summed E-state index contributed by atoms with van der Waals surface area (Å²) in [5.41, 5.74) is 1.13. The van der Waals surface area contributed by atoms with E-state index in [9.17, 15) is 14.4 Å². The minimum atomic E-state index is -1.03. The first-order valence-corrected chi connectivity index (χ1v) is 9.51. The van der Waals surface area contributed by atoms with Crippen molar-refractivity contribution in [2.75, 3.05) is 13.6 Å². The zero-order chi connectivity index (χ0) is 21.0. The molecule has 3 heterocycles. The van der Waals surface area contributed by atoms with E-state index >= 15 is 0 Å². The number of fused-ring (bicyclic) bond motifs is 3. The minimum Gasteiger partial charge on any atom is -0.480 e. The number of benzene rings is 1. The van der Waals surface area contributed by atoms with Crippen LogP contribution >= 0.6 is 23.2 Å². The van der Waals surface area contributed by atoms with E-state index in [1.165, 1.54) is 9.80 Å².